The Balaban J connectivity index is 2.80. The van der Waals surface area contributed by atoms with E-state index in [1.165, 1.54) is 7.05 Å². The van der Waals surface area contributed by atoms with Crippen LogP contribution in [0.4, 0.5) is 5.69 Å². The molecule has 16 heavy (non-hydrogen) atoms. The summed E-state index contributed by atoms with van der Waals surface area (Å²) in [7, 11) is -2.05. The van der Waals surface area contributed by atoms with Crippen LogP contribution < -0.4 is 5.73 Å². The number of hydrogen-bond donors (Lipinski definition) is 1. The van der Waals surface area contributed by atoms with Crippen molar-refractivity contribution in [3.63, 3.8) is 0 Å². The van der Waals surface area contributed by atoms with Gasteiger partial charge in [-0.25, -0.2) is 8.42 Å². The highest BCUT2D eigenvalue weighted by atomic mass is 32.2. The lowest BCUT2D eigenvalue weighted by molar-refractivity contribution is 0.470. The minimum atomic E-state index is -3.49. The van der Waals surface area contributed by atoms with E-state index in [1.807, 2.05) is 0 Å². The summed E-state index contributed by atoms with van der Waals surface area (Å²) in [5, 5.41) is 8.39. The van der Waals surface area contributed by atoms with Gasteiger partial charge in [0.1, 0.15) is 0 Å². The van der Waals surface area contributed by atoms with Crippen molar-refractivity contribution >= 4 is 15.7 Å². The maximum Gasteiger partial charge on any atom is 0.227 e. The predicted molar refractivity (Wildman–Crippen MR) is 61.7 cm³/mol. The van der Waals surface area contributed by atoms with Gasteiger partial charge < -0.3 is 5.73 Å². The standard InChI is InChI=1S/C10H13N3O2S/c1-13(16(14,15)6-5-11)8-9-3-2-4-10(12)7-9/h2-4,7H,6,8,12H2,1H3. The molecule has 0 fully saturated rings. The van der Waals surface area contributed by atoms with Crippen molar-refractivity contribution in [1.29, 1.82) is 5.26 Å². The third-order valence-electron chi connectivity index (χ3n) is 2.08. The number of rotatable bonds is 4. The lowest BCUT2D eigenvalue weighted by atomic mass is 10.2. The van der Waals surface area contributed by atoms with Gasteiger partial charge in [0.2, 0.25) is 10.0 Å². The van der Waals surface area contributed by atoms with Gasteiger partial charge in [-0.05, 0) is 17.7 Å². The van der Waals surface area contributed by atoms with Crippen molar-refractivity contribution in [3.05, 3.63) is 29.8 Å². The second kappa shape index (κ2) is 4.96. The first-order chi connectivity index (χ1) is 7.45. The Labute approximate surface area is 95.1 Å². The number of benzene rings is 1. The molecule has 0 radical (unpaired) electrons. The summed E-state index contributed by atoms with van der Waals surface area (Å²) < 4.78 is 24.1. The van der Waals surface area contributed by atoms with E-state index in [2.05, 4.69) is 0 Å². The van der Waals surface area contributed by atoms with E-state index >= 15 is 0 Å². The molecule has 6 heteroatoms. The molecule has 0 aliphatic rings. The molecular weight excluding hydrogens is 226 g/mol. The number of sulfonamides is 1. The maximum absolute atomic E-state index is 11.5. The second-order valence-corrected chi connectivity index (χ2v) is 5.49. The molecule has 0 spiro atoms. The van der Waals surface area contributed by atoms with Crippen LogP contribution in [0.1, 0.15) is 5.56 Å². The van der Waals surface area contributed by atoms with Gasteiger partial charge in [-0.1, -0.05) is 12.1 Å². The highest BCUT2D eigenvalue weighted by Crippen LogP contribution is 2.10. The van der Waals surface area contributed by atoms with E-state index in [1.54, 1.807) is 30.3 Å². The normalized spacial score (nSPS) is 11.3. The number of nitrogens with zero attached hydrogens (tertiary/aromatic N) is 2. The summed E-state index contributed by atoms with van der Waals surface area (Å²) in [4.78, 5) is 0. The topological polar surface area (TPSA) is 87.2 Å². The average Bonchev–Trinajstić information content (AvgIpc) is 2.17. The molecule has 0 heterocycles. The van der Waals surface area contributed by atoms with Gasteiger partial charge in [0, 0.05) is 19.3 Å². The van der Waals surface area contributed by atoms with Crippen LogP contribution in [-0.2, 0) is 16.6 Å². The van der Waals surface area contributed by atoms with Crippen LogP contribution in [0, 0.1) is 11.3 Å². The summed E-state index contributed by atoms with van der Waals surface area (Å²) in [5.41, 5.74) is 6.96. The average molecular weight is 239 g/mol. The zero-order chi connectivity index (χ0) is 12.2. The Morgan fingerprint density at radius 2 is 2.19 bits per heavy atom. The van der Waals surface area contributed by atoms with Crippen LogP contribution in [0.15, 0.2) is 24.3 Å². The zero-order valence-corrected chi connectivity index (χ0v) is 9.74. The lowest BCUT2D eigenvalue weighted by Crippen LogP contribution is -2.28. The van der Waals surface area contributed by atoms with Crippen molar-refractivity contribution in [2.45, 2.75) is 6.54 Å². The van der Waals surface area contributed by atoms with Crippen molar-refractivity contribution in [3.8, 4) is 6.07 Å². The minimum absolute atomic E-state index is 0.217. The Bertz CT molecular complexity index is 505. The van der Waals surface area contributed by atoms with E-state index < -0.39 is 15.8 Å². The monoisotopic (exact) mass is 239 g/mol. The Morgan fingerprint density at radius 1 is 1.50 bits per heavy atom. The Morgan fingerprint density at radius 3 is 2.75 bits per heavy atom. The summed E-state index contributed by atoms with van der Waals surface area (Å²) in [6.45, 7) is 0.217. The molecule has 86 valence electrons. The van der Waals surface area contributed by atoms with Crippen LogP contribution in [0.3, 0.4) is 0 Å². The number of nitrogen functional groups attached to an aromatic ring is 1. The first-order valence-corrected chi connectivity index (χ1v) is 6.22. The minimum Gasteiger partial charge on any atom is -0.399 e. The lowest BCUT2D eigenvalue weighted by Gasteiger charge is -2.15. The molecule has 0 saturated heterocycles. The molecule has 5 nitrogen and oxygen atoms in total. The molecule has 0 atom stereocenters. The van der Waals surface area contributed by atoms with Crippen LogP contribution in [-0.4, -0.2) is 25.5 Å². The summed E-state index contributed by atoms with van der Waals surface area (Å²) in [6.07, 6.45) is 0. The zero-order valence-electron chi connectivity index (χ0n) is 8.92. The van der Waals surface area contributed by atoms with E-state index in [4.69, 9.17) is 11.0 Å². The fourth-order valence-corrected chi connectivity index (χ4v) is 1.97. The van der Waals surface area contributed by atoms with Crippen LogP contribution in [0.5, 0.6) is 0 Å². The van der Waals surface area contributed by atoms with E-state index in [0.717, 1.165) is 9.87 Å². The number of hydrogen-bond acceptors (Lipinski definition) is 4. The number of nitrogens with two attached hydrogens (primary N) is 1. The fourth-order valence-electron chi connectivity index (χ4n) is 1.24. The molecule has 1 rings (SSSR count). The van der Waals surface area contributed by atoms with Gasteiger partial charge in [-0.3, -0.25) is 0 Å². The molecule has 0 bridgehead atoms. The second-order valence-electron chi connectivity index (χ2n) is 3.42. The summed E-state index contributed by atoms with van der Waals surface area (Å²) in [5.74, 6) is -0.508. The van der Waals surface area contributed by atoms with Gasteiger partial charge in [-0.2, -0.15) is 9.57 Å². The fraction of sp³-hybridized carbons (Fsp3) is 0.300. The van der Waals surface area contributed by atoms with Crippen molar-refractivity contribution in [1.82, 2.24) is 4.31 Å². The SMILES string of the molecule is CN(Cc1cccc(N)c1)S(=O)(=O)CC#N. The van der Waals surface area contributed by atoms with Gasteiger partial charge in [0.05, 0.1) is 6.07 Å². The number of nitriles is 1. The largest absolute Gasteiger partial charge is 0.399 e. The molecule has 0 amide bonds. The molecule has 1 aromatic carbocycles. The molecule has 2 N–H and O–H groups in total. The van der Waals surface area contributed by atoms with Gasteiger partial charge in [-0.15, -0.1) is 0 Å². The van der Waals surface area contributed by atoms with Crippen LogP contribution in [0.2, 0.25) is 0 Å². The van der Waals surface area contributed by atoms with E-state index in [9.17, 15) is 8.42 Å². The molecule has 0 aliphatic heterocycles. The van der Waals surface area contributed by atoms with E-state index in [-0.39, 0.29) is 6.54 Å². The molecule has 1 aromatic rings. The van der Waals surface area contributed by atoms with Crippen LogP contribution in [0.25, 0.3) is 0 Å². The molecule has 0 unspecified atom stereocenters. The van der Waals surface area contributed by atoms with E-state index in [0.29, 0.717) is 5.69 Å². The highest BCUT2D eigenvalue weighted by Gasteiger charge is 2.17. The quantitative estimate of drug-likeness (QED) is 0.777. The molecular formula is C10H13N3O2S. The maximum atomic E-state index is 11.5. The van der Waals surface area contributed by atoms with Gasteiger partial charge in [0.25, 0.3) is 0 Å². The summed E-state index contributed by atoms with van der Waals surface area (Å²) in [6, 6.07) is 8.61. The molecule has 0 saturated carbocycles. The third-order valence-corrected chi connectivity index (χ3v) is 3.65. The molecule has 0 aliphatic carbocycles. The van der Waals surface area contributed by atoms with Crippen molar-refractivity contribution < 1.29 is 8.42 Å². The highest BCUT2D eigenvalue weighted by molar-refractivity contribution is 7.89. The third kappa shape index (κ3) is 3.22. The predicted octanol–water partition coefficient (Wildman–Crippen LogP) is 0.554. The van der Waals surface area contributed by atoms with Gasteiger partial charge in [0.15, 0.2) is 5.75 Å². The molecule has 0 aromatic heterocycles. The van der Waals surface area contributed by atoms with Crippen molar-refractivity contribution in [2.75, 3.05) is 18.5 Å². The first kappa shape index (κ1) is 12.5. The van der Waals surface area contributed by atoms with Gasteiger partial charge >= 0.3 is 0 Å². The number of anilines is 1. The summed E-state index contributed by atoms with van der Waals surface area (Å²) >= 11 is 0. The first-order valence-electron chi connectivity index (χ1n) is 4.61. The Kier molecular flexibility index (Phi) is 3.88. The smallest absolute Gasteiger partial charge is 0.227 e. The van der Waals surface area contributed by atoms with Crippen LogP contribution >= 0.6 is 0 Å². The van der Waals surface area contributed by atoms with Crippen molar-refractivity contribution in [2.24, 2.45) is 0 Å². The Hall–Kier alpha value is -1.58.